The van der Waals surface area contributed by atoms with Crippen LogP contribution in [0.1, 0.15) is 169 Å². The van der Waals surface area contributed by atoms with Gasteiger partial charge in [0.15, 0.2) is 0 Å². The Morgan fingerprint density at radius 2 is 0.632 bits per heavy atom. The zero-order chi connectivity index (χ0) is 28.7. The highest BCUT2D eigenvalue weighted by molar-refractivity contribution is 5.71. The van der Waals surface area contributed by atoms with E-state index in [0.717, 1.165) is 37.8 Å². The molecule has 0 saturated heterocycles. The molecule has 0 aromatic heterocycles. The summed E-state index contributed by atoms with van der Waals surface area (Å²) in [5.41, 5.74) is 9.98. The number of hydrogen-bond donors (Lipinski definition) is 4. The van der Waals surface area contributed by atoms with Gasteiger partial charge in [-0.25, -0.2) is 9.59 Å². The molecule has 0 rings (SSSR count). The minimum Gasteiger partial charge on any atom is -0.352 e. The van der Waals surface area contributed by atoms with Crippen LogP contribution in [0.25, 0.3) is 0 Å². The Morgan fingerprint density at radius 3 is 0.842 bits per heavy atom. The minimum absolute atomic E-state index is 0.405. The Balaban J connectivity index is 0. The predicted octanol–water partition coefficient (Wildman–Crippen LogP) is 9.20. The van der Waals surface area contributed by atoms with Crippen LogP contribution in [0.4, 0.5) is 9.59 Å². The molecule has 0 aliphatic rings. The fourth-order valence-electron chi connectivity index (χ4n) is 4.61. The molecule has 6 heteroatoms. The minimum atomic E-state index is -0.405. The van der Waals surface area contributed by atoms with Crippen LogP contribution in [0.5, 0.6) is 0 Å². The molecule has 6 N–H and O–H groups in total. The Bertz CT molecular complexity index is 454. The lowest BCUT2D eigenvalue weighted by atomic mass is 10.0. The Morgan fingerprint density at radius 1 is 0.421 bits per heavy atom. The zero-order valence-electron chi connectivity index (χ0n) is 26.1. The molecule has 0 aliphatic heterocycles. The summed E-state index contributed by atoms with van der Waals surface area (Å²) in [6.07, 6.45) is 29.3. The first kappa shape index (κ1) is 38.7. The van der Waals surface area contributed by atoms with E-state index in [9.17, 15) is 9.59 Å². The quantitative estimate of drug-likeness (QED) is 0.0820. The van der Waals surface area contributed by atoms with Crippen LogP contribution < -0.4 is 22.1 Å². The number of rotatable bonds is 26. The van der Waals surface area contributed by atoms with Gasteiger partial charge in [0.05, 0.1) is 0 Å². The summed E-state index contributed by atoms with van der Waals surface area (Å²) >= 11 is 0. The molecular formula is C32H68N4O2. The zero-order valence-corrected chi connectivity index (χ0v) is 26.1. The van der Waals surface area contributed by atoms with Gasteiger partial charge in [0.1, 0.15) is 0 Å². The first-order valence-corrected chi connectivity index (χ1v) is 16.3. The molecule has 0 atom stereocenters. The molecule has 0 heterocycles. The molecule has 0 aromatic carbocycles. The maximum atomic E-state index is 10.4. The van der Waals surface area contributed by atoms with Crippen LogP contribution in [-0.4, -0.2) is 25.2 Å². The number of unbranched alkanes of at least 4 members (excludes halogenated alkanes) is 18. The molecule has 0 unspecified atom stereocenters. The van der Waals surface area contributed by atoms with Gasteiger partial charge in [-0.2, -0.15) is 0 Å². The first-order chi connectivity index (χ1) is 18.3. The second-order valence-electron chi connectivity index (χ2n) is 12.0. The standard InChI is InChI=1S/2C16H34N2O/c2*1-15(2)13-11-9-7-5-3-4-6-8-10-12-14-18-16(17)19/h2*15H,3-14H2,1-2H3,(H3,17,18,19). The molecule has 0 fully saturated rings. The van der Waals surface area contributed by atoms with E-state index in [0.29, 0.717) is 0 Å². The predicted molar refractivity (Wildman–Crippen MR) is 166 cm³/mol. The van der Waals surface area contributed by atoms with E-state index in [1.54, 1.807) is 0 Å². The molecule has 0 bridgehead atoms. The monoisotopic (exact) mass is 541 g/mol. The highest BCUT2D eigenvalue weighted by atomic mass is 16.2. The van der Waals surface area contributed by atoms with Gasteiger partial charge in [-0.15, -0.1) is 0 Å². The number of hydrogen-bond acceptors (Lipinski definition) is 2. The molecule has 0 aliphatic carbocycles. The average molecular weight is 541 g/mol. The van der Waals surface area contributed by atoms with E-state index in [1.165, 1.54) is 128 Å². The largest absolute Gasteiger partial charge is 0.352 e. The van der Waals surface area contributed by atoms with Crippen molar-refractivity contribution in [2.75, 3.05) is 13.1 Å². The molecule has 0 saturated carbocycles. The van der Waals surface area contributed by atoms with Crippen molar-refractivity contribution in [3.8, 4) is 0 Å². The van der Waals surface area contributed by atoms with E-state index < -0.39 is 12.1 Å². The summed E-state index contributed by atoms with van der Waals surface area (Å²) in [4.78, 5) is 20.9. The number of amides is 4. The molecule has 0 aromatic rings. The van der Waals surface area contributed by atoms with Crippen LogP contribution in [0, 0.1) is 11.8 Å². The second-order valence-corrected chi connectivity index (χ2v) is 12.0. The van der Waals surface area contributed by atoms with Crippen molar-refractivity contribution in [2.45, 2.75) is 169 Å². The lowest BCUT2D eigenvalue weighted by Crippen LogP contribution is -2.29. The molecule has 6 nitrogen and oxygen atoms in total. The Kier molecular flexibility index (Phi) is 32.3. The third kappa shape index (κ3) is 41.7. The van der Waals surface area contributed by atoms with Crippen molar-refractivity contribution in [3.63, 3.8) is 0 Å². The van der Waals surface area contributed by atoms with Crippen LogP contribution in [0.3, 0.4) is 0 Å². The van der Waals surface area contributed by atoms with Crippen molar-refractivity contribution in [3.05, 3.63) is 0 Å². The highest BCUT2D eigenvalue weighted by Crippen LogP contribution is 2.14. The average Bonchev–Trinajstić information content (AvgIpc) is 2.84. The third-order valence-electron chi connectivity index (χ3n) is 7.01. The van der Waals surface area contributed by atoms with Gasteiger partial charge in [-0.3, -0.25) is 0 Å². The van der Waals surface area contributed by atoms with E-state index in [4.69, 9.17) is 11.5 Å². The van der Waals surface area contributed by atoms with Crippen LogP contribution >= 0.6 is 0 Å². The Hall–Kier alpha value is -1.46. The molecule has 38 heavy (non-hydrogen) atoms. The third-order valence-corrected chi connectivity index (χ3v) is 7.01. The number of nitrogens with one attached hydrogen (secondary N) is 2. The van der Waals surface area contributed by atoms with Crippen LogP contribution in [-0.2, 0) is 0 Å². The van der Waals surface area contributed by atoms with E-state index in [1.807, 2.05) is 0 Å². The van der Waals surface area contributed by atoms with Gasteiger partial charge in [-0.1, -0.05) is 156 Å². The number of carbonyl (C=O) groups is 2. The van der Waals surface area contributed by atoms with E-state index in [2.05, 4.69) is 38.3 Å². The van der Waals surface area contributed by atoms with Gasteiger partial charge in [0, 0.05) is 13.1 Å². The van der Waals surface area contributed by atoms with Crippen LogP contribution in [0.2, 0.25) is 0 Å². The maximum absolute atomic E-state index is 10.4. The molecule has 0 radical (unpaired) electrons. The summed E-state index contributed by atoms with van der Waals surface area (Å²) in [6.45, 7) is 10.7. The summed E-state index contributed by atoms with van der Waals surface area (Å²) in [5, 5.41) is 5.25. The van der Waals surface area contributed by atoms with Gasteiger partial charge in [0.2, 0.25) is 0 Å². The van der Waals surface area contributed by atoms with Crippen LogP contribution in [0.15, 0.2) is 0 Å². The van der Waals surface area contributed by atoms with Crippen molar-refractivity contribution in [1.29, 1.82) is 0 Å². The van der Waals surface area contributed by atoms with Gasteiger partial charge >= 0.3 is 12.1 Å². The van der Waals surface area contributed by atoms with Crippen molar-refractivity contribution in [1.82, 2.24) is 10.6 Å². The smallest absolute Gasteiger partial charge is 0.312 e. The normalized spacial score (nSPS) is 10.9. The second kappa shape index (κ2) is 31.8. The van der Waals surface area contributed by atoms with E-state index in [-0.39, 0.29) is 0 Å². The fourth-order valence-corrected chi connectivity index (χ4v) is 4.61. The lowest BCUT2D eigenvalue weighted by molar-refractivity contribution is 0.248. The van der Waals surface area contributed by atoms with Gasteiger partial charge in [-0.05, 0) is 24.7 Å². The van der Waals surface area contributed by atoms with Crippen molar-refractivity contribution < 1.29 is 9.59 Å². The Labute approximate surface area is 237 Å². The summed E-state index contributed by atoms with van der Waals surface area (Å²) in [5.74, 6) is 1.73. The molecule has 0 spiro atoms. The molecule has 4 amide bonds. The molecular weight excluding hydrogens is 472 g/mol. The van der Waals surface area contributed by atoms with Crippen molar-refractivity contribution >= 4 is 12.1 Å². The summed E-state index contributed by atoms with van der Waals surface area (Å²) in [6, 6.07) is -0.810. The fraction of sp³-hybridized carbons (Fsp3) is 0.938. The first-order valence-electron chi connectivity index (χ1n) is 16.3. The highest BCUT2D eigenvalue weighted by Gasteiger charge is 1.97. The summed E-state index contributed by atoms with van der Waals surface area (Å²) < 4.78 is 0. The van der Waals surface area contributed by atoms with E-state index >= 15 is 0 Å². The summed E-state index contributed by atoms with van der Waals surface area (Å²) in [7, 11) is 0. The molecule has 228 valence electrons. The topological polar surface area (TPSA) is 110 Å². The van der Waals surface area contributed by atoms with Gasteiger partial charge < -0.3 is 22.1 Å². The van der Waals surface area contributed by atoms with Gasteiger partial charge in [0.25, 0.3) is 0 Å². The SMILES string of the molecule is CC(C)CCCCCCCCCCCCNC(N)=O.CC(C)CCCCCCCCCCCCNC(N)=O. The number of primary amides is 2. The maximum Gasteiger partial charge on any atom is 0.312 e. The number of nitrogens with two attached hydrogens (primary N) is 2. The number of carbonyl (C=O) groups excluding carboxylic acids is 2. The lowest BCUT2D eigenvalue weighted by Gasteiger charge is -2.05. The van der Waals surface area contributed by atoms with Crippen molar-refractivity contribution in [2.24, 2.45) is 23.3 Å². The number of urea groups is 2.